The van der Waals surface area contributed by atoms with E-state index in [9.17, 15) is 4.79 Å². The monoisotopic (exact) mass is 375 g/mol. The molecule has 0 bridgehead atoms. The molecule has 3 rings (SSSR count). The number of methoxy groups -OCH3 is 1. The van der Waals surface area contributed by atoms with Crippen LogP contribution in [0.1, 0.15) is 5.56 Å². The zero-order valence-electron chi connectivity index (χ0n) is 14.7. The zero-order valence-corrected chi connectivity index (χ0v) is 15.4. The Morgan fingerprint density at radius 3 is 2.65 bits per heavy atom. The predicted octanol–water partition coefficient (Wildman–Crippen LogP) is 1.58. The molecule has 1 aromatic heterocycles. The summed E-state index contributed by atoms with van der Waals surface area (Å²) in [7, 11) is 1.60. The molecule has 138 valence electrons. The maximum Gasteiger partial charge on any atom is 0.234 e. The lowest BCUT2D eigenvalue weighted by atomic mass is 10.2. The first-order valence-electron chi connectivity index (χ1n) is 8.49. The van der Waals surface area contributed by atoms with Gasteiger partial charge in [-0.1, -0.05) is 11.6 Å². The van der Waals surface area contributed by atoms with Gasteiger partial charge in [-0.25, -0.2) is 9.97 Å². The van der Waals surface area contributed by atoms with Crippen molar-refractivity contribution in [3.63, 3.8) is 0 Å². The fourth-order valence-electron chi connectivity index (χ4n) is 2.90. The molecule has 0 radical (unpaired) electrons. The third-order valence-electron chi connectivity index (χ3n) is 4.29. The molecule has 2 heterocycles. The van der Waals surface area contributed by atoms with Gasteiger partial charge in [0.15, 0.2) is 0 Å². The molecule has 0 saturated carbocycles. The molecule has 0 atom stereocenters. The van der Waals surface area contributed by atoms with Crippen molar-refractivity contribution in [3.05, 3.63) is 47.2 Å². The smallest absolute Gasteiger partial charge is 0.234 e. The largest absolute Gasteiger partial charge is 0.496 e. The quantitative estimate of drug-likeness (QED) is 0.826. The van der Waals surface area contributed by atoms with Gasteiger partial charge in [0.25, 0.3) is 0 Å². The zero-order chi connectivity index (χ0) is 18.4. The third kappa shape index (κ3) is 4.83. The van der Waals surface area contributed by atoms with Crippen LogP contribution in [0, 0.1) is 0 Å². The number of anilines is 1. The highest BCUT2D eigenvalue weighted by atomic mass is 35.5. The average Bonchev–Trinajstić information content (AvgIpc) is 2.68. The summed E-state index contributed by atoms with van der Waals surface area (Å²) in [6.07, 6.45) is 3.48. The highest BCUT2D eigenvalue weighted by Crippen LogP contribution is 2.22. The SMILES string of the molecule is COc1ccc(Cl)cc1CNC(=O)CN1CCN(c2ncccn2)CC1. The topological polar surface area (TPSA) is 70.6 Å². The van der Waals surface area contributed by atoms with E-state index in [2.05, 4.69) is 25.1 Å². The van der Waals surface area contributed by atoms with E-state index in [0.717, 1.165) is 37.7 Å². The number of nitrogens with zero attached hydrogens (tertiary/aromatic N) is 4. The molecule has 8 heteroatoms. The number of ether oxygens (including phenoxy) is 1. The van der Waals surface area contributed by atoms with Crippen LogP contribution < -0.4 is 15.0 Å². The van der Waals surface area contributed by atoms with Gasteiger partial charge in [-0.2, -0.15) is 0 Å². The molecule has 1 aliphatic heterocycles. The minimum Gasteiger partial charge on any atom is -0.496 e. The van der Waals surface area contributed by atoms with E-state index in [-0.39, 0.29) is 5.91 Å². The van der Waals surface area contributed by atoms with Gasteiger partial charge in [0, 0.05) is 55.7 Å². The molecule has 1 N–H and O–H groups in total. The number of benzene rings is 1. The van der Waals surface area contributed by atoms with E-state index in [1.807, 2.05) is 0 Å². The van der Waals surface area contributed by atoms with Crippen LogP contribution in [0.4, 0.5) is 5.95 Å². The van der Waals surface area contributed by atoms with Gasteiger partial charge in [-0.05, 0) is 24.3 Å². The number of nitrogens with one attached hydrogen (secondary N) is 1. The molecule has 2 aromatic rings. The fourth-order valence-corrected chi connectivity index (χ4v) is 3.09. The van der Waals surface area contributed by atoms with Crippen LogP contribution in [0.15, 0.2) is 36.7 Å². The van der Waals surface area contributed by atoms with E-state index in [0.29, 0.717) is 23.9 Å². The molecular formula is C18H22ClN5O2. The lowest BCUT2D eigenvalue weighted by Gasteiger charge is -2.34. The summed E-state index contributed by atoms with van der Waals surface area (Å²) in [4.78, 5) is 25.1. The Morgan fingerprint density at radius 2 is 1.96 bits per heavy atom. The number of halogens is 1. The minimum atomic E-state index is -0.0172. The molecule has 0 spiro atoms. The van der Waals surface area contributed by atoms with E-state index < -0.39 is 0 Å². The van der Waals surface area contributed by atoms with Crippen molar-refractivity contribution in [2.75, 3.05) is 44.7 Å². The molecule has 1 aliphatic rings. The number of amides is 1. The molecule has 1 amide bonds. The molecular weight excluding hydrogens is 354 g/mol. The van der Waals surface area contributed by atoms with Gasteiger partial charge in [-0.3, -0.25) is 9.69 Å². The molecule has 7 nitrogen and oxygen atoms in total. The van der Waals surface area contributed by atoms with Crippen LogP contribution in [-0.2, 0) is 11.3 Å². The predicted molar refractivity (Wildman–Crippen MR) is 101 cm³/mol. The van der Waals surface area contributed by atoms with Crippen molar-refractivity contribution in [1.29, 1.82) is 0 Å². The number of piperazine rings is 1. The number of rotatable bonds is 6. The maximum atomic E-state index is 12.3. The van der Waals surface area contributed by atoms with E-state index in [1.54, 1.807) is 43.8 Å². The molecule has 1 aromatic carbocycles. The van der Waals surface area contributed by atoms with Crippen LogP contribution in [0.3, 0.4) is 0 Å². The molecule has 1 saturated heterocycles. The lowest BCUT2D eigenvalue weighted by Crippen LogP contribution is -2.49. The Labute approximate surface area is 157 Å². The van der Waals surface area contributed by atoms with E-state index in [4.69, 9.17) is 16.3 Å². The van der Waals surface area contributed by atoms with Gasteiger partial charge >= 0.3 is 0 Å². The van der Waals surface area contributed by atoms with Crippen molar-refractivity contribution in [2.45, 2.75) is 6.54 Å². The Hall–Kier alpha value is -2.38. The van der Waals surface area contributed by atoms with Crippen molar-refractivity contribution in [2.24, 2.45) is 0 Å². The van der Waals surface area contributed by atoms with Crippen molar-refractivity contribution < 1.29 is 9.53 Å². The van der Waals surface area contributed by atoms with Crippen LogP contribution in [0.25, 0.3) is 0 Å². The Kier molecular flexibility index (Phi) is 6.25. The second-order valence-electron chi connectivity index (χ2n) is 6.04. The summed E-state index contributed by atoms with van der Waals surface area (Å²) >= 11 is 6.02. The fraction of sp³-hybridized carbons (Fsp3) is 0.389. The van der Waals surface area contributed by atoms with Gasteiger partial charge < -0.3 is 15.0 Å². The normalized spacial score (nSPS) is 14.9. The summed E-state index contributed by atoms with van der Waals surface area (Å²) in [5.41, 5.74) is 0.861. The standard InChI is InChI=1S/C18H22ClN5O2/c1-26-16-4-3-15(19)11-14(16)12-22-17(25)13-23-7-9-24(10-8-23)18-20-5-2-6-21-18/h2-6,11H,7-10,12-13H2,1H3,(H,22,25). The van der Waals surface area contributed by atoms with Crippen molar-refractivity contribution in [1.82, 2.24) is 20.2 Å². The Balaban J connectivity index is 1.45. The first-order chi connectivity index (χ1) is 12.7. The minimum absolute atomic E-state index is 0.0172. The van der Waals surface area contributed by atoms with Crippen molar-refractivity contribution >= 4 is 23.5 Å². The summed E-state index contributed by atoms with van der Waals surface area (Å²) in [6, 6.07) is 7.18. The number of hydrogen-bond acceptors (Lipinski definition) is 6. The summed E-state index contributed by atoms with van der Waals surface area (Å²) in [5, 5.41) is 3.55. The number of aromatic nitrogens is 2. The van der Waals surface area contributed by atoms with E-state index >= 15 is 0 Å². The second kappa shape index (κ2) is 8.82. The van der Waals surface area contributed by atoms with Gasteiger partial charge in [0.05, 0.1) is 13.7 Å². The molecule has 26 heavy (non-hydrogen) atoms. The molecule has 0 unspecified atom stereocenters. The second-order valence-corrected chi connectivity index (χ2v) is 6.48. The van der Waals surface area contributed by atoms with Gasteiger partial charge in [-0.15, -0.1) is 0 Å². The highest BCUT2D eigenvalue weighted by molar-refractivity contribution is 6.30. The highest BCUT2D eigenvalue weighted by Gasteiger charge is 2.20. The number of carbonyl (C=O) groups is 1. The van der Waals surface area contributed by atoms with Crippen LogP contribution >= 0.6 is 11.6 Å². The van der Waals surface area contributed by atoms with Gasteiger partial charge in [0.1, 0.15) is 5.75 Å². The first kappa shape index (κ1) is 18.4. The maximum absolute atomic E-state index is 12.3. The number of carbonyl (C=O) groups excluding carboxylic acids is 1. The first-order valence-corrected chi connectivity index (χ1v) is 8.87. The Morgan fingerprint density at radius 1 is 1.23 bits per heavy atom. The van der Waals surface area contributed by atoms with Gasteiger partial charge in [0.2, 0.25) is 11.9 Å². The van der Waals surface area contributed by atoms with Crippen LogP contribution in [-0.4, -0.2) is 60.6 Å². The van der Waals surface area contributed by atoms with Crippen molar-refractivity contribution in [3.8, 4) is 5.75 Å². The van der Waals surface area contributed by atoms with Crippen LogP contribution in [0.2, 0.25) is 5.02 Å². The average molecular weight is 376 g/mol. The molecule has 1 fully saturated rings. The summed E-state index contributed by atoms with van der Waals surface area (Å²) < 4.78 is 5.30. The molecule has 0 aliphatic carbocycles. The summed E-state index contributed by atoms with van der Waals surface area (Å²) in [5.74, 6) is 1.44. The van der Waals surface area contributed by atoms with E-state index in [1.165, 1.54) is 0 Å². The lowest BCUT2D eigenvalue weighted by molar-refractivity contribution is -0.122. The Bertz CT molecular complexity index is 736. The number of hydrogen-bond donors (Lipinski definition) is 1. The third-order valence-corrected chi connectivity index (χ3v) is 4.53. The van der Waals surface area contributed by atoms with Crippen LogP contribution in [0.5, 0.6) is 5.75 Å². The summed E-state index contributed by atoms with van der Waals surface area (Å²) in [6.45, 7) is 3.96.